The van der Waals surface area contributed by atoms with Gasteiger partial charge in [-0.2, -0.15) is 0 Å². The predicted octanol–water partition coefficient (Wildman–Crippen LogP) is 1.76. The molecule has 5 nitrogen and oxygen atoms in total. The Morgan fingerprint density at radius 1 is 1.16 bits per heavy atom. The fourth-order valence-corrected chi connectivity index (χ4v) is 3.07. The number of nitrogens with zero attached hydrogens (tertiary/aromatic N) is 3. The first-order chi connectivity index (χ1) is 9.31. The zero-order valence-corrected chi connectivity index (χ0v) is 11.3. The molecule has 2 unspecified atom stereocenters. The molecule has 102 valence electrons. The van der Waals surface area contributed by atoms with Crippen molar-refractivity contribution < 1.29 is 4.74 Å². The van der Waals surface area contributed by atoms with Gasteiger partial charge in [0.2, 0.25) is 0 Å². The van der Waals surface area contributed by atoms with Gasteiger partial charge in [-0.25, -0.2) is 9.97 Å². The summed E-state index contributed by atoms with van der Waals surface area (Å²) in [6, 6.07) is 2.07. The van der Waals surface area contributed by atoms with Gasteiger partial charge in [-0.3, -0.25) is 0 Å². The van der Waals surface area contributed by atoms with Crippen LogP contribution in [0.4, 0.5) is 11.6 Å². The van der Waals surface area contributed by atoms with E-state index in [4.69, 9.17) is 9.72 Å². The summed E-state index contributed by atoms with van der Waals surface area (Å²) >= 11 is 0. The van der Waals surface area contributed by atoms with Crippen molar-refractivity contribution in [1.29, 1.82) is 0 Å². The average molecular weight is 260 g/mol. The molecule has 1 aromatic heterocycles. The molecule has 1 N–H and O–H groups in total. The van der Waals surface area contributed by atoms with Gasteiger partial charge in [0.15, 0.2) is 0 Å². The van der Waals surface area contributed by atoms with Gasteiger partial charge in [0, 0.05) is 32.1 Å². The number of rotatable bonds is 3. The lowest BCUT2D eigenvalue weighted by Crippen LogP contribution is -2.43. The number of hydrogen-bond acceptors (Lipinski definition) is 5. The van der Waals surface area contributed by atoms with Crippen molar-refractivity contribution in [3.63, 3.8) is 0 Å². The van der Waals surface area contributed by atoms with Crippen molar-refractivity contribution >= 4 is 11.6 Å². The fraction of sp³-hybridized carbons (Fsp3) is 0.714. The molecule has 19 heavy (non-hydrogen) atoms. The number of anilines is 2. The standard InChI is InChI=1S/C14H20N4O/c1-15-12-6-13(17-14(16-12)9-2-3-9)18-7-10-4-5-11(8-18)19-10/h6,9-11H,2-5,7-8H2,1H3,(H,15,16,17). The molecule has 2 saturated heterocycles. The van der Waals surface area contributed by atoms with E-state index in [0.717, 1.165) is 30.5 Å². The van der Waals surface area contributed by atoms with E-state index in [0.29, 0.717) is 18.1 Å². The smallest absolute Gasteiger partial charge is 0.136 e. The third-order valence-corrected chi connectivity index (χ3v) is 4.30. The second-order valence-electron chi connectivity index (χ2n) is 5.86. The van der Waals surface area contributed by atoms with Crippen molar-refractivity contribution in [2.75, 3.05) is 30.4 Å². The Bertz CT molecular complexity index is 476. The van der Waals surface area contributed by atoms with Crippen molar-refractivity contribution in [3.05, 3.63) is 11.9 Å². The molecule has 0 radical (unpaired) electrons. The number of hydrogen-bond donors (Lipinski definition) is 1. The zero-order valence-electron chi connectivity index (χ0n) is 11.3. The molecule has 0 amide bonds. The molecule has 5 heteroatoms. The summed E-state index contributed by atoms with van der Waals surface area (Å²) in [4.78, 5) is 11.7. The molecule has 3 aliphatic rings. The van der Waals surface area contributed by atoms with Gasteiger partial charge < -0.3 is 15.0 Å². The van der Waals surface area contributed by atoms with Crippen molar-refractivity contribution in [3.8, 4) is 0 Å². The van der Waals surface area contributed by atoms with E-state index in [-0.39, 0.29) is 0 Å². The number of morpholine rings is 1. The van der Waals surface area contributed by atoms with E-state index in [1.54, 1.807) is 0 Å². The highest BCUT2D eigenvalue weighted by molar-refractivity contribution is 5.50. The van der Waals surface area contributed by atoms with E-state index in [2.05, 4.69) is 21.3 Å². The molecule has 3 heterocycles. The van der Waals surface area contributed by atoms with Crippen molar-refractivity contribution in [1.82, 2.24) is 9.97 Å². The summed E-state index contributed by atoms with van der Waals surface area (Å²) < 4.78 is 5.89. The Kier molecular flexibility index (Phi) is 2.62. The Morgan fingerprint density at radius 2 is 1.89 bits per heavy atom. The minimum atomic E-state index is 0.399. The zero-order chi connectivity index (χ0) is 12.8. The average Bonchev–Trinajstić information content (AvgIpc) is 3.24. The maximum Gasteiger partial charge on any atom is 0.136 e. The first kappa shape index (κ1) is 11.5. The largest absolute Gasteiger partial charge is 0.373 e. The second-order valence-corrected chi connectivity index (χ2v) is 5.86. The summed E-state index contributed by atoms with van der Waals surface area (Å²) in [5.74, 6) is 3.61. The summed E-state index contributed by atoms with van der Waals surface area (Å²) in [6.07, 6.45) is 5.66. The molecule has 0 spiro atoms. The molecule has 1 saturated carbocycles. The third-order valence-electron chi connectivity index (χ3n) is 4.30. The van der Waals surface area contributed by atoms with E-state index >= 15 is 0 Å². The van der Waals surface area contributed by atoms with Crippen LogP contribution in [-0.4, -0.2) is 42.3 Å². The molecule has 2 atom stereocenters. The molecule has 1 aromatic rings. The maximum atomic E-state index is 5.89. The van der Waals surface area contributed by atoms with E-state index in [1.807, 2.05) is 7.05 Å². The summed E-state index contributed by atoms with van der Waals surface area (Å²) in [5.41, 5.74) is 0. The van der Waals surface area contributed by atoms with Crippen molar-refractivity contribution in [2.45, 2.75) is 43.8 Å². The van der Waals surface area contributed by atoms with Crippen LogP contribution in [0.2, 0.25) is 0 Å². The highest BCUT2D eigenvalue weighted by Gasteiger charge is 2.35. The summed E-state index contributed by atoms with van der Waals surface area (Å²) in [5, 5.41) is 3.16. The quantitative estimate of drug-likeness (QED) is 0.897. The first-order valence-electron chi connectivity index (χ1n) is 7.29. The van der Waals surface area contributed by atoms with Crippen molar-refractivity contribution in [2.24, 2.45) is 0 Å². The Morgan fingerprint density at radius 3 is 2.53 bits per heavy atom. The van der Waals surface area contributed by atoms with Crippen LogP contribution in [0.25, 0.3) is 0 Å². The predicted molar refractivity (Wildman–Crippen MR) is 73.7 cm³/mol. The molecule has 2 bridgehead atoms. The molecule has 0 aromatic carbocycles. The number of ether oxygens (including phenoxy) is 1. The van der Waals surface area contributed by atoms with Gasteiger partial charge in [0.25, 0.3) is 0 Å². The lowest BCUT2D eigenvalue weighted by molar-refractivity contribution is 0.0302. The van der Waals surface area contributed by atoms with E-state index in [9.17, 15) is 0 Å². The third kappa shape index (κ3) is 2.16. The van der Waals surface area contributed by atoms with Crippen LogP contribution in [0, 0.1) is 0 Å². The minimum Gasteiger partial charge on any atom is -0.373 e. The van der Waals surface area contributed by atoms with Gasteiger partial charge in [-0.05, 0) is 25.7 Å². The highest BCUT2D eigenvalue weighted by atomic mass is 16.5. The molecular weight excluding hydrogens is 240 g/mol. The van der Waals surface area contributed by atoms with Crippen LogP contribution >= 0.6 is 0 Å². The second kappa shape index (κ2) is 4.34. The van der Waals surface area contributed by atoms with E-state index < -0.39 is 0 Å². The normalized spacial score (nSPS) is 29.6. The summed E-state index contributed by atoms with van der Waals surface area (Å²) in [6.45, 7) is 1.95. The summed E-state index contributed by atoms with van der Waals surface area (Å²) in [7, 11) is 1.92. The number of aromatic nitrogens is 2. The van der Waals surface area contributed by atoms with Crippen LogP contribution in [-0.2, 0) is 4.74 Å². The van der Waals surface area contributed by atoms with Crippen LogP contribution in [0.15, 0.2) is 6.07 Å². The van der Waals surface area contributed by atoms with Gasteiger partial charge in [-0.15, -0.1) is 0 Å². The SMILES string of the molecule is CNc1cc(N2CC3CCC(C2)O3)nc(C2CC2)n1. The molecule has 4 rings (SSSR count). The Labute approximate surface area is 113 Å². The molecule has 3 fully saturated rings. The highest BCUT2D eigenvalue weighted by Crippen LogP contribution is 2.39. The topological polar surface area (TPSA) is 50.3 Å². The monoisotopic (exact) mass is 260 g/mol. The van der Waals surface area contributed by atoms with Gasteiger partial charge >= 0.3 is 0 Å². The van der Waals surface area contributed by atoms with Crippen LogP contribution in [0.1, 0.15) is 37.4 Å². The Hall–Kier alpha value is -1.36. The van der Waals surface area contributed by atoms with Crippen LogP contribution < -0.4 is 10.2 Å². The minimum absolute atomic E-state index is 0.399. The van der Waals surface area contributed by atoms with Gasteiger partial charge in [-0.1, -0.05) is 0 Å². The number of nitrogens with one attached hydrogen (secondary N) is 1. The van der Waals surface area contributed by atoms with E-state index in [1.165, 1.54) is 25.7 Å². The van der Waals surface area contributed by atoms with Gasteiger partial charge in [0.1, 0.15) is 17.5 Å². The van der Waals surface area contributed by atoms with Crippen LogP contribution in [0.3, 0.4) is 0 Å². The Balaban J connectivity index is 1.64. The first-order valence-corrected chi connectivity index (χ1v) is 7.29. The molecule has 2 aliphatic heterocycles. The molecular formula is C14H20N4O. The lowest BCUT2D eigenvalue weighted by atomic mass is 10.2. The number of fused-ring (bicyclic) bond motifs is 2. The van der Waals surface area contributed by atoms with Gasteiger partial charge in [0.05, 0.1) is 12.2 Å². The van der Waals surface area contributed by atoms with Crippen LogP contribution in [0.5, 0.6) is 0 Å². The lowest BCUT2D eigenvalue weighted by Gasteiger charge is -2.33. The maximum absolute atomic E-state index is 5.89. The fourth-order valence-electron chi connectivity index (χ4n) is 3.07. The molecule has 1 aliphatic carbocycles.